The third kappa shape index (κ3) is 5.46. The number of hydrogen-bond donors (Lipinski definition) is 3. The van der Waals surface area contributed by atoms with Gasteiger partial charge in [-0.3, -0.25) is 9.69 Å². The molecule has 1 heterocycles. The van der Waals surface area contributed by atoms with Gasteiger partial charge in [-0.05, 0) is 18.4 Å². The molecule has 0 aliphatic carbocycles. The Labute approximate surface area is 126 Å². The number of piperazine rings is 1. The number of hydrogen-bond acceptors (Lipinski definition) is 4. The molecule has 116 valence electrons. The average Bonchev–Trinajstić information content (AvgIpc) is 2.48. The Kier molecular flexibility index (Phi) is 6.17. The SMILES string of the molecule is NC(=O)C(Cc1ccccc1)C[C@H](O)CN1CCNCC1. The normalized spacial score (nSPS) is 19.1. The van der Waals surface area contributed by atoms with Crippen LogP contribution in [0.5, 0.6) is 0 Å². The minimum Gasteiger partial charge on any atom is -0.392 e. The van der Waals surface area contributed by atoms with E-state index in [1.165, 1.54) is 0 Å². The number of carbonyl (C=O) groups is 1. The summed E-state index contributed by atoms with van der Waals surface area (Å²) in [5.41, 5.74) is 6.57. The van der Waals surface area contributed by atoms with E-state index in [1.54, 1.807) is 0 Å². The fourth-order valence-corrected chi connectivity index (χ4v) is 2.79. The van der Waals surface area contributed by atoms with Crippen LogP contribution in [0.1, 0.15) is 12.0 Å². The van der Waals surface area contributed by atoms with Gasteiger partial charge in [0.05, 0.1) is 6.10 Å². The van der Waals surface area contributed by atoms with Crippen molar-refractivity contribution in [1.82, 2.24) is 10.2 Å². The third-order valence-corrected chi connectivity index (χ3v) is 3.96. The average molecular weight is 291 g/mol. The third-order valence-electron chi connectivity index (χ3n) is 3.96. The van der Waals surface area contributed by atoms with Crippen molar-refractivity contribution in [1.29, 1.82) is 0 Å². The van der Waals surface area contributed by atoms with Crippen LogP contribution in [0.25, 0.3) is 0 Å². The van der Waals surface area contributed by atoms with Crippen molar-refractivity contribution in [2.75, 3.05) is 32.7 Å². The first-order chi connectivity index (χ1) is 10.1. The maximum absolute atomic E-state index is 11.6. The van der Waals surface area contributed by atoms with Gasteiger partial charge in [0.1, 0.15) is 0 Å². The lowest BCUT2D eigenvalue weighted by molar-refractivity contribution is -0.122. The fourth-order valence-electron chi connectivity index (χ4n) is 2.79. The minimum atomic E-state index is -0.510. The van der Waals surface area contributed by atoms with Gasteiger partial charge >= 0.3 is 0 Å². The Morgan fingerprint density at radius 3 is 2.57 bits per heavy atom. The van der Waals surface area contributed by atoms with Gasteiger partial charge in [0.2, 0.25) is 5.91 Å². The second-order valence-electron chi connectivity index (χ2n) is 5.73. The minimum absolute atomic E-state index is 0.315. The molecule has 1 saturated heterocycles. The Bertz CT molecular complexity index is 432. The van der Waals surface area contributed by atoms with E-state index in [9.17, 15) is 9.90 Å². The molecule has 2 rings (SSSR count). The number of β-amino-alcohol motifs (C(OH)–C–C–N with tert-alkyl or cyclic N) is 1. The van der Waals surface area contributed by atoms with Gasteiger partial charge in [-0.15, -0.1) is 0 Å². The van der Waals surface area contributed by atoms with E-state index in [2.05, 4.69) is 10.2 Å². The van der Waals surface area contributed by atoms with E-state index >= 15 is 0 Å². The van der Waals surface area contributed by atoms with Crippen LogP contribution >= 0.6 is 0 Å². The van der Waals surface area contributed by atoms with E-state index < -0.39 is 6.10 Å². The van der Waals surface area contributed by atoms with Crippen LogP contribution in [0, 0.1) is 5.92 Å². The molecule has 1 unspecified atom stereocenters. The summed E-state index contributed by atoms with van der Waals surface area (Å²) in [5.74, 6) is -0.650. The number of carbonyl (C=O) groups excluding carboxylic acids is 1. The molecule has 1 aromatic carbocycles. The molecule has 21 heavy (non-hydrogen) atoms. The molecule has 1 fully saturated rings. The number of amides is 1. The highest BCUT2D eigenvalue weighted by Crippen LogP contribution is 2.15. The topological polar surface area (TPSA) is 78.6 Å². The number of aliphatic hydroxyl groups excluding tert-OH is 1. The zero-order valence-corrected chi connectivity index (χ0v) is 12.4. The van der Waals surface area contributed by atoms with Crippen LogP contribution in [-0.2, 0) is 11.2 Å². The van der Waals surface area contributed by atoms with Crippen molar-refractivity contribution >= 4 is 5.91 Å². The molecule has 5 heteroatoms. The second-order valence-corrected chi connectivity index (χ2v) is 5.73. The quantitative estimate of drug-likeness (QED) is 0.660. The summed E-state index contributed by atoms with van der Waals surface area (Å²) in [5, 5.41) is 13.5. The number of aliphatic hydroxyl groups is 1. The second kappa shape index (κ2) is 8.12. The molecule has 5 nitrogen and oxygen atoms in total. The van der Waals surface area contributed by atoms with Gasteiger partial charge in [0.15, 0.2) is 0 Å². The van der Waals surface area contributed by atoms with Crippen molar-refractivity contribution < 1.29 is 9.90 Å². The lowest BCUT2D eigenvalue weighted by atomic mass is 9.93. The predicted molar refractivity (Wildman–Crippen MR) is 82.8 cm³/mol. The highest BCUT2D eigenvalue weighted by molar-refractivity contribution is 5.77. The summed E-state index contributed by atoms with van der Waals surface area (Å²) in [6.07, 6.45) is 0.507. The molecule has 0 spiro atoms. The van der Waals surface area contributed by atoms with Crippen LogP contribution in [0.3, 0.4) is 0 Å². The van der Waals surface area contributed by atoms with Crippen LogP contribution in [0.4, 0.5) is 0 Å². The van der Waals surface area contributed by atoms with Crippen LogP contribution in [0.2, 0.25) is 0 Å². The van der Waals surface area contributed by atoms with Crippen LogP contribution < -0.4 is 11.1 Å². The molecule has 4 N–H and O–H groups in total. The molecule has 2 atom stereocenters. The van der Waals surface area contributed by atoms with Gasteiger partial charge in [0.25, 0.3) is 0 Å². The summed E-state index contributed by atoms with van der Waals surface area (Å²) >= 11 is 0. The number of nitrogens with zero attached hydrogens (tertiary/aromatic N) is 1. The molecular formula is C16H25N3O2. The number of benzene rings is 1. The molecule has 0 bridgehead atoms. The number of primary amides is 1. The highest BCUT2D eigenvalue weighted by Gasteiger charge is 2.22. The monoisotopic (exact) mass is 291 g/mol. The van der Waals surface area contributed by atoms with Crippen LogP contribution in [-0.4, -0.2) is 54.7 Å². The lowest BCUT2D eigenvalue weighted by Crippen LogP contribution is -2.46. The van der Waals surface area contributed by atoms with E-state index in [0.29, 0.717) is 19.4 Å². The number of nitrogens with two attached hydrogens (primary N) is 1. The fraction of sp³-hybridized carbons (Fsp3) is 0.562. The summed E-state index contributed by atoms with van der Waals surface area (Å²) in [7, 11) is 0. The Balaban J connectivity index is 1.85. The van der Waals surface area contributed by atoms with Crippen molar-refractivity contribution in [3.05, 3.63) is 35.9 Å². The summed E-state index contributed by atoms with van der Waals surface area (Å²) in [6.45, 7) is 4.40. The van der Waals surface area contributed by atoms with Crippen LogP contribution in [0.15, 0.2) is 30.3 Å². The first kappa shape index (κ1) is 15.9. The van der Waals surface area contributed by atoms with E-state index in [1.807, 2.05) is 30.3 Å². The predicted octanol–water partition coefficient (Wildman–Crippen LogP) is -0.0132. The Morgan fingerprint density at radius 1 is 1.29 bits per heavy atom. The maximum Gasteiger partial charge on any atom is 0.220 e. The van der Waals surface area contributed by atoms with Gasteiger partial charge in [-0.2, -0.15) is 0 Å². The van der Waals surface area contributed by atoms with Gasteiger partial charge in [-0.1, -0.05) is 30.3 Å². The molecule has 1 amide bonds. The maximum atomic E-state index is 11.6. The summed E-state index contributed by atoms with van der Waals surface area (Å²) in [6, 6.07) is 9.81. The first-order valence-corrected chi connectivity index (χ1v) is 7.59. The van der Waals surface area contributed by atoms with Gasteiger partial charge in [0, 0.05) is 38.6 Å². The van der Waals surface area contributed by atoms with Gasteiger partial charge < -0.3 is 16.2 Å². The molecule has 0 radical (unpaired) electrons. The summed E-state index contributed by atoms with van der Waals surface area (Å²) < 4.78 is 0. The lowest BCUT2D eigenvalue weighted by Gasteiger charge is -2.30. The molecular weight excluding hydrogens is 266 g/mol. The Morgan fingerprint density at radius 2 is 1.95 bits per heavy atom. The largest absolute Gasteiger partial charge is 0.392 e. The smallest absolute Gasteiger partial charge is 0.220 e. The first-order valence-electron chi connectivity index (χ1n) is 7.59. The van der Waals surface area contributed by atoms with E-state index in [4.69, 9.17) is 5.73 Å². The number of rotatable bonds is 7. The zero-order chi connectivity index (χ0) is 15.1. The van der Waals surface area contributed by atoms with Gasteiger partial charge in [-0.25, -0.2) is 0 Å². The summed E-state index contributed by atoms with van der Waals surface area (Å²) in [4.78, 5) is 13.8. The molecule has 0 aromatic heterocycles. The molecule has 0 saturated carbocycles. The van der Waals surface area contributed by atoms with Crippen molar-refractivity contribution in [2.24, 2.45) is 11.7 Å². The van der Waals surface area contributed by atoms with E-state index in [-0.39, 0.29) is 11.8 Å². The molecule has 1 aliphatic rings. The number of nitrogens with one attached hydrogen (secondary N) is 1. The molecule has 1 aromatic rings. The standard InChI is InChI=1S/C16H25N3O2/c17-16(21)14(10-13-4-2-1-3-5-13)11-15(20)12-19-8-6-18-7-9-19/h1-5,14-15,18,20H,6-12H2,(H2,17,21)/t14?,15-/m0/s1. The van der Waals surface area contributed by atoms with Crippen molar-refractivity contribution in [3.63, 3.8) is 0 Å². The zero-order valence-electron chi connectivity index (χ0n) is 12.4. The van der Waals surface area contributed by atoms with Crippen molar-refractivity contribution in [3.8, 4) is 0 Å². The Hall–Kier alpha value is -1.43. The van der Waals surface area contributed by atoms with E-state index in [0.717, 1.165) is 31.7 Å². The molecule has 1 aliphatic heterocycles. The van der Waals surface area contributed by atoms with Crippen molar-refractivity contribution in [2.45, 2.75) is 18.9 Å². The highest BCUT2D eigenvalue weighted by atomic mass is 16.3.